The van der Waals surface area contributed by atoms with E-state index in [0.29, 0.717) is 24.1 Å². The van der Waals surface area contributed by atoms with Crippen LogP contribution in [0.25, 0.3) is 0 Å². The molecule has 0 saturated carbocycles. The number of furan rings is 1. The fraction of sp³-hybridized carbons (Fsp3) is 0.412. The molecule has 1 aromatic carbocycles. The van der Waals surface area contributed by atoms with Gasteiger partial charge in [0.15, 0.2) is 0 Å². The lowest BCUT2D eigenvalue weighted by Gasteiger charge is -2.20. The molecule has 0 fully saturated rings. The first-order chi connectivity index (χ1) is 10.1. The number of nitrogens with one attached hydrogen (secondary N) is 1. The Morgan fingerprint density at radius 3 is 2.57 bits per heavy atom. The Labute approximate surface area is 124 Å². The van der Waals surface area contributed by atoms with E-state index in [-0.39, 0.29) is 0 Å². The summed E-state index contributed by atoms with van der Waals surface area (Å²) in [7, 11) is 0. The molecule has 1 atom stereocenters. The highest BCUT2D eigenvalue weighted by Crippen LogP contribution is 2.29. The summed E-state index contributed by atoms with van der Waals surface area (Å²) in [6.07, 6.45) is 3.21. The van der Waals surface area contributed by atoms with Gasteiger partial charge in [0.2, 0.25) is 0 Å². The number of hydrogen-bond donors (Lipinski definition) is 1. The van der Waals surface area contributed by atoms with Crippen LogP contribution in [0.15, 0.2) is 28.9 Å². The van der Waals surface area contributed by atoms with Crippen LogP contribution in [0.1, 0.15) is 48.8 Å². The molecule has 1 N–H and O–H groups in total. The van der Waals surface area contributed by atoms with E-state index in [4.69, 9.17) is 4.42 Å². The van der Waals surface area contributed by atoms with Gasteiger partial charge in [-0.15, -0.1) is 0 Å². The minimum atomic E-state index is -0.397. The fourth-order valence-electron chi connectivity index (χ4n) is 2.45. The van der Waals surface area contributed by atoms with Crippen molar-refractivity contribution in [2.24, 2.45) is 0 Å². The van der Waals surface area contributed by atoms with Crippen molar-refractivity contribution in [2.45, 2.75) is 39.7 Å². The largest absolute Gasteiger partial charge is 0.469 e. The molecular weight excluding hydrogens is 272 g/mol. The highest BCUT2D eigenvalue weighted by molar-refractivity contribution is 5.36. The van der Waals surface area contributed by atoms with Crippen LogP contribution in [0.4, 0.5) is 8.78 Å². The molecule has 1 heterocycles. The average Bonchev–Trinajstić information content (AvgIpc) is 2.93. The Bertz CT molecular complexity index is 607. The van der Waals surface area contributed by atoms with Crippen molar-refractivity contribution in [2.75, 3.05) is 6.54 Å². The van der Waals surface area contributed by atoms with Crippen LogP contribution in [0.5, 0.6) is 0 Å². The third-order valence-corrected chi connectivity index (χ3v) is 3.60. The smallest absolute Gasteiger partial charge is 0.128 e. The van der Waals surface area contributed by atoms with Gasteiger partial charge in [-0.3, -0.25) is 0 Å². The predicted molar refractivity (Wildman–Crippen MR) is 79.3 cm³/mol. The van der Waals surface area contributed by atoms with Crippen molar-refractivity contribution in [1.82, 2.24) is 5.32 Å². The van der Waals surface area contributed by atoms with Gasteiger partial charge in [0.1, 0.15) is 17.4 Å². The van der Waals surface area contributed by atoms with E-state index in [1.54, 1.807) is 13.2 Å². The van der Waals surface area contributed by atoms with E-state index in [0.717, 1.165) is 17.7 Å². The molecule has 2 aromatic rings. The van der Waals surface area contributed by atoms with Gasteiger partial charge in [-0.25, -0.2) is 8.78 Å². The van der Waals surface area contributed by atoms with Crippen LogP contribution in [0.3, 0.4) is 0 Å². The molecule has 0 aliphatic heterocycles. The van der Waals surface area contributed by atoms with E-state index < -0.39 is 17.7 Å². The van der Waals surface area contributed by atoms with E-state index in [2.05, 4.69) is 5.32 Å². The molecule has 0 amide bonds. The van der Waals surface area contributed by atoms with E-state index in [1.807, 2.05) is 19.9 Å². The van der Waals surface area contributed by atoms with E-state index in [1.165, 1.54) is 12.1 Å². The molecule has 0 aliphatic carbocycles. The predicted octanol–water partition coefficient (Wildman–Crippen LogP) is 4.52. The summed E-state index contributed by atoms with van der Waals surface area (Å²) >= 11 is 0. The van der Waals surface area contributed by atoms with Crippen LogP contribution in [0, 0.1) is 18.6 Å². The Kier molecular flexibility index (Phi) is 5.12. The van der Waals surface area contributed by atoms with Crippen molar-refractivity contribution in [3.05, 3.63) is 58.5 Å². The van der Waals surface area contributed by atoms with Gasteiger partial charge in [0.25, 0.3) is 0 Å². The lowest BCUT2D eigenvalue weighted by atomic mass is 9.96. The Balaban J connectivity index is 2.48. The molecule has 0 saturated heterocycles. The van der Waals surface area contributed by atoms with Crippen LogP contribution >= 0.6 is 0 Å². The van der Waals surface area contributed by atoms with Gasteiger partial charge in [0, 0.05) is 17.5 Å². The summed E-state index contributed by atoms with van der Waals surface area (Å²) in [6, 6.07) is 3.96. The molecule has 0 bridgehead atoms. The van der Waals surface area contributed by atoms with Crippen LogP contribution in [-0.4, -0.2) is 6.54 Å². The quantitative estimate of drug-likeness (QED) is 0.847. The highest BCUT2D eigenvalue weighted by atomic mass is 19.1. The number of benzene rings is 1. The topological polar surface area (TPSA) is 25.2 Å². The zero-order valence-corrected chi connectivity index (χ0v) is 12.7. The Morgan fingerprint density at radius 2 is 1.90 bits per heavy atom. The summed E-state index contributed by atoms with van der Waals surface area (Å²) < 4.78 is 33.6. The second-order valence-corrected chi connectivity index (χ2v) is 5.16. The average molecular weight is 293 g/mol. The monoisotopic (exact) mass is 293 g/mol. The lowest BCUT2D eigenvalue weighted by Crippen LogP contribution is -2.25. The summed E-state index contributed by atoms with van der Waals surface area (Å²) in [4.78, 5) is 0. The molecule has 21 heavy (non-hydrogen) atoms. The van der Waals surface area contributed by atoms with Gasteiger partial charge in [-0.2, -0.15) is 0 Å². The SMILES string of the molecule is CCCNC(c1cc(F)c(C)cc1F)c1ccoc1CC. The second-order valence-electron chi connectivity index (χ2n) is 5.16. The molecule has 1 unspecified atom stereocenters. The van der Waals surface area contributed by atoms with Crippen LogP contribution in [0.2, 0.25) is 0 Å². The minimum absolute atomic E-state index is 0.313. The Morgan fingerprint density at radius 1 is 1.14 bits per heavy atom. The summed E-state index contributed by atoms with van der Waals surface area (Å²) in [5, 5.41) is 3.28. The van der Waals surface area contributed by atoms with Crippen molar-refractivity contribution in [3.63, 3.8) is 0 Å². The number of halogens is 2. The summed E-state index contributed by atoms with van der Waals surface area (Å²) in [6.45, 7) is 6.29. The van der Waals surface area contributed by atoms with Gasteiger partial charge in [-0.05, 0) is 43.7 Å². The first-order valence-electron chi connectivity index (χ1n) is 7.33. The molecule has 2 nitrogen and oxygen atoms in total. The maximum atomic E-state index is 14.3. The molecule has 114 valence electrons. The first-order valence-corrected chi connectivity index (χ1v) is 7.33. The highest BCUT2D eigenvalue weighted by Gasteiger charge is 2.22. The third-order valence-electron chi connectivity index (χ3n) is 3.60. The molecule has 0 radical (unpaired) electrons. The summed E-state index contributed by atoms with van der Waals surface area (Å²) in [5.41, 5.74) is 1.50. The number of aryl methyl sites for hydroxylation is 2. The number of rotatable bonds is 6. The molecule has 0 spiro atoms. The van der Waals surface area contributed by atoms with Crippen molar-refractivity contribution in [3.8, 4) is 0 Å². The molecule has 4 heteroatoms. The third kappa shape index (κ3) is 3.32. The van der Waals surface area contributed by atoms with Gasteiger partial charge >= 0.3 is 0 Å². The minimum Gasteiger partial charge on any atom is -0.469 e. The van der Waals surface area contributed by atoms with E-state index in [9.17, 15) is 8.78 Å². The van der Waals surface area contributed by atoms with Crippen molar-refractivity contribution in [1.29, 1.82) is 0 Å². The van der Waals surface area contributed by atoms with Gasteiger partial charge in [0.05, 0.1) is 12.3 Å². The Hall–Kier alpha value is -1.68. The normalized spacial score (nSPS) is 12.6. The van der Waals surface area contributed by atoms with Crippen molar-refractivity contribution < 1.29 is 13.2 Å². The standard InChI is InChI=1S/C17H21F2NO/c1-4-7-20-17(12-6-8-21-16(12)5-2)13-10-14(18)11(3)9-15(13)19/h6,8-10,17,20H,4-5,7H2,1-3H3. The van der Waals surface area contributed by atoms with Gasteiger partial charge in [-0.1, -0.05) is 13.8 Å². The summed E-state index contributed by atoms with van der Waals surface area (Å²) in [5.74, 6) is 0.00554. The maximum Gasteiger partial charge on any atom is 0.128 e. The van der Waals surface area contributed by atoms with Crippen LogP contribution in [-0.2, 0) is 6.42 Å². The lowest BCUT2D eigenvalue weighted by molar-refractivity contribution is 0.491. The molecular formula is C17H21F2NO. The molecule has 2 rings (SSSR count). The van der Waals surface area contributed by atoms with Crippen molar-refractivity contribution >= 4 is 0 Å². The zero-order valence-electron chi connectivity index (χ0n) is 12.7. The number of hydrogen-bond acceptors (Lipinski definition) is 2. The zero-order chi connectivity index (χ0) is 15.4. The maximum absolute atomic E-state index is 14.3. The second kappa shape index (κ2) is 6.85. The fourth-order valence-corrected chi connectivity index (χ4v) is 2.45. The van der Waals surface area contributed by atoms with Crippen LogP contribution < -0.4 is 5.32 Å². The van der Waals surface area contributed by atoms with E-state index >= 15 is 0 Å². The van der Waals surface area contributed by atoms with Gasteiger partial charge < -0.3 is 9.73 Å². The molecule has 0 aliphatic rings. The molecule has 1 aromatic heterocycles. The first kappa shape index (κ1) is 15.7.